The Morgan fingerprint density at radius 2 is 2.00 bits per heavy atom. The predicted molar refractivity (Wildman–Crippen MR) is 78.6 cm³/mol. The van der Waals surface area contributed by atoms with Crippen molar-refractivity contribution in [1.29, 1.82) is 0 Å². The molecule has 4 heteroatoms. The number of aryl methyl sites for hydroxylation is 1. The van der Waals surface area contributed by atoms with Crippen molar-refractivity contribution < 1.29 is 9.59 Å². The molecule has 104 valence electrons. The summed E-state index contributed by atoms with van der Waals surface area (Å²) in [7, 11) is 0. The number of fused-ring (bicyclic) bond motifs is 1. The summed E-state index contributed by atoms with van der Waals surface area (Å²) in [5.41, 5.74) is 3.00. The number of hydrogen-bond donors (Lipinski definition) is 2. The summed E-state index contributed by atoms with van der Waals surface area (Å²) in [5, 5.41) is 4.06. The van der Waals surface area contributed by atoms with Gasteiger partial charge in [-0.1, -0.05) is 0 Å². The predicted octanol–water partition coefficient (Wildman–Crippen LogP) is 3.17. The topological polar surface area (TPSA) is 62.0 Å². The number of carbonyl (C=O) groups is 2. The molecule has 1 aromatic carbocycles. The van der Waals surface area contributed by atoms with Gasteiger partial charge in [0.15, 0.2) is 0 Å². The first-order valence-corrected chi connectivity index (χ1v) is 7.04. The van der Waals surface area contributed by atoms with Gasteiger partial charge in [0.25, 0.3) is 0 Å². The van der Waals surface area contributed by atoms with Gasteiger partial charge < -0.3 is 10.3 Å². The molecule has 3 rings (SSSR count). The first kappa shape index (κ1) is 12.9. The number of hydrogen-bond acceptors (Lipinski definition) is 2. The quantitative estimate of drug-likeness (QED) is 0.880. The van der Waals surface area contributed by atoms with E-state index in [1.807, 2.05) is 25.1 Å². The van der Waals surface area contributed by atoms with Crippen LogP contribution in [0.2, 0.25) is 0 Å². The number of ketones is 1. The number of aromatic amines is 1. The smallest absolute Gasteiger partial charge is 0.227 e. The third-order valence-corrected chi connectivity index (χ3v) is 3.94. The third-order valence-electron chi connectivity index (χ3n) is 3.94. The molecule has 1 heterocycles. The van der Waals surface area contributed by atoms with Crippen molar-refractivity contribution in [3.8, 4) is 0 Å². The normalized spacial score (nSPS) is 16.6. The van der Waals surface area contributed by atoms with E-state index in [1.165, 1.54) is 0 Å². The zero-order valence-electron chi connectivity index (χ0n) is 11.5. The van der Waals surface area contributed by atoms with Gasteiger partial charge in [-0.2, -0.15) is 0 Å². The molecule has 2 N–H and O–H groups in total. The molecular weight excluding hydrogens is 252 g/mol. The van der Waals surface area contributed by atoms with E-state index in [4.69, 9.17) is 0 Å². The van der Waals surface area contributed by atoms with Crippen LogP contribution in [0.3, 0.4) is 0 Å². The largest absolute Gasteiger partial charge is 0.359 e. The first-order chi connectivity index (χ1) is 9.61. The van der Waals surface area contributed by atoms with Crippen LogP contribution in [-0.2, 0) is 9.59 Å². The van der Waals surface area contributed by atoms with Gasteiger partial charge in [-0.05, 0) is 44.0 Å². The van der Waals surface area contributed by atoms with E-state index in [1.54, 1.807) is 0 Å². The maximum atomic E-state index is 12.2. The van der Waals surface area contributed by atoms with E-state index in [-0.39, 0.29) is 17.6 Å². The maximum Gasteiger partial charge on any atom is 0.227 e. The van der Waals surface area contributed by atoms with Crippen molar-refractivity contribution in [1.82, 2.24) is 4.98 Å². The molecule has 0 bridgehead atoms. The minimum Gasteiger partial charge on any atom is -0.359 e. The first-order valence-electron chi connectivity index (χ1n) is 7.04. The molecule has 0 saturated heterocycles. The highest BCUT2D eigenvalue weighted by atomic mass is 16.2. The molecule has 1 aliphatic carbocycles. The van der Waals surface area contributed by atoms with Crippen molar-refractivity contribution in [2.75, 3.05) is 5.32 Å². The Hall–Kier alpha value is -2.10. The number of amides is 1. The van der Waals surface area contributed by atoms with Crippen LogP contribution in [0.25, 0.3) is 10.9 Å². The molecular formula is C16H18N2O2. The van der Waals surface area contributed by atoms with Crippen molar-refractivity contribution >= 4 is 28.3 Å². The molecule has 4 nitrogen and oxygen atoms in total. The monoisotopic (exact) mass is 270 g/mol. The van der Waals surface area contributed by atoms with Crippen LogP contribution in [0.4, 0.5) is 5.69 Å². The van der Waals surface area contributed by atoms with E-state index in [0.717, 1.165) is 22.3 Å². The molecule has 1 aromatic heterocycles. The fourth-order valence-electron chi connectivity index (χ4n) is 2.80. The molecule has 0 aliphatic heterocycles. The minimum atomic E-state index is -0.0312. The Labute approximate surface area is 117 Å². The van der Waals surface area contributed by atoms with Gasteiger partial charge in [0, 0.05) is 41.0 Å². The van der Waals surface area contributed by atoms with Crippen LogP contribution in [0, 0.1) is 12.8 Å². The number of anilines is 1. The number of aromatic nitrogens is 1. The van der Waals surface area contributed by atoms with Gasteiger partial charge in [-0.15, -0.1) is 0 Å². The Bertz CT molecular complexity index is 662. The van der Waals surface area contributed by atoms with E-state index in [9.17, 15) is 9.59 Å². The summed E-state index contributed by atoms with van der Waals surface area (Å²) >= 11 is 0. The summed E-state index contributed by atoms with van der Waals surface area (Å²) in [6, 6.07) is 7.92. The zero-order chi connectivity index (χ0) is 14.1. The van der Waals surface area contributed by atoms with Crippen molar-refractivity contribution in [3.05, 3.63) is 30.0 Å². The van der Waals surface area contributed by atoms with Gasteiger partial charge in [-0.25, -0.2) is 0 Å². The maximum absolute atomic E-state index is 12.2. The van der Waals surface area contributed by atoms with Gasteiger partial charge >= 0.3 is 0 Å². The van der Waals surface area contributed by atoms with Gasteiger partial charge in [0.1, 0.15) is 5.78 Å². The number of rotatable bonds is 2. The zero-order valence-corrected chi connectivity index (χ0v) is 11.5. The van der Waals surface area contributed by atoms with Crippen LogP contribution in [0.5, 0.6) is 0 Å². The number of Topliss-reactive ketones (excluding diaryl/α,β-unsaturated/α-hetero) is 1. The standard InChI is InChI=1S/C16H18N2O2/c1-10-8-12-9-13(4-7-15(12)17-10)18-16(20)11-2-5-14(19)6-3-11/h4,7-9,11,17H,2-3,5-6H2,1H3,(H,18,20). The lowest BCUT2D eigenvalue weighted by Crippen LogP contribution is -2.27. The molecule has 0 spiro atoms. The van der Waals surface area contributed by atoms with Crippen LogP contribution in [0.15, 0.2) is 24.3 Å². The van der Waals surface area contributed by atoms with Crippen LogP contribution in [0.1, 0.15) is 31.4 Å². The fraction of sp³-hybridized carbons (Fsp3) is 0.375. The Kier molecular flexibility index (Phi) is 3.30. The highest BCUT2D eigenvalue weighted by molar-refractivity contribution is 5.96. The fourth-order valence-corrected chi connectivity index (χ4v) is 2.80. The highest BCUT2D eigenvalue weighted by Crippen LogP contribution is 2.24. The van der Waals surface area contributed by atoms with Crippen molar-refractivity contribution in [2.45, 2.75) is 32.6 Å². The Morgan fingerprint density at radius 1 is 1.25 bits per heavy atom. The average molecular weight is 270 g/mol. The second-order valence-electron chi connectivity index (χ2n) is 5.56. The van der Waals surface area contributed by atoms with Gasteiger partial charge in [0.05, 0.1) is 0 Å². The summed E-state index contributed by atoms with van der Waals surface area (Å²) in [6.07, 6.45) is 2.43. The Morgan fingerprint density at radius 3 is 2.75 bits per heavy atom. The molecule has 2 aromatic rings. The molecule has 1 aliphatic rings. The van der Waals surface area contributed by atoms with Gasteiger partial charge in [-0.3, -0.25) is 9.59 Å². The SMILES string of the molecule is Cc1cc2cc(NC(=O)C3CCC(=O)CC3)ccc2[nH]1. The lowest BCUT2D eigenvalue weighted by atomic mass is 9.88. The van der Waals surface area contributed by atoms with Crippen LogP contribution in [-0.4, -0.2) is 16.7 Å². The molecule has 1 amide bonds. The molecule has 1 fully saturated rings. The van der Waals surface area contributed by atoms with Gasteiger partial charge in [0.2, 0.25) is 5.91 Å². The summed E-state index contributed by atoms with van der Waals surface area (Å²) in [6.45, 7) is 2.01. The number of benzene rings is 1. The molecule has 0 atom stereocenters. The molecule has 0 unspecified atom stereocenters. The third kappa shape index (κ3) is 2.59. The molecule has 1 saturated carbocycles. The summed E-state index contributed by atoms with van der Waals surface area (Å²) < 4.78 is 0. The number of carbonyl (C=O) groups excluding carboxylic acids is 2. The van der Waals surface area contributed by atoms with E-state index in [2.05, 4.69) is 16.4 Å². The molecule has 20 heavy (non-hydrogen) atoms. The second-order valence-corrected chi connectivity index (χ2v) is 5.56. The summed E-state index contributed by atoms with van der Waals surface area (Å²) in [5.74, 6) is 0.277. The van der Waals surface area contributed by atoms with Crippen molar-refractivity contribution in [2.24, 2.45) is 5.92 Å². The van der Waals surface area contributed by atoms with Crippen LogP contribution >= 0.6 is 0 Å². The highest BCUT2D eigenvalue weighted by Gasteiger charge is 2.24. The van der Waals surface area contributed by atoms with E-state index in [0.29, 0.717) is 25.7 Å². The number of nitrogens with one attached hydrogen (secondary N) is 2. The lowest BCUT2D eigenvalue weighted by molar-refractivity contribution is -0.125. The van der Waals surface area contributed by atoms with E-state index < -0.39 is 0 Å². The average Bonchev–Trinajstić information content (AvgIpc) is 2.78. The summed E-state index contributed by atoms with van der Waals surface area (Å²) in [4.78, 5) is 26.6. The number of H-pyrrole nitrogens is 1. The van der Waals surface area contributed by atoms with Crippen LogP contribution < -0.4 is 5.32 Å². The Balaban J connectivity index is 1.72. The van der Waals surface area contributed by atoms with Crippen molar-refractivity contribution in [3.63, 3.8) is 0 Å². The van der Waals surface area contributed by atoms with E-state index >= 15 is 0 Å². The molecule has 0 radical (unpaired) electrons. The lowest BCUT2D eigenvalue weighted by Gasteiger charge is -2.20. The second kappa shape index (κ2) is 5.12. The minimum absolute atomic E-state index is 0.0312.